The van der Waals surface area contributed by atoms with Gasteiger partial charge in [-0.1, -0.05) is 17.7 Å². The number of nitrogen functional groups attached to an aromatic ring is 1. The fourth-order valence-electron chi connectivity index (χ4n) is 0.946. The van der Waals surface area contributed by atoms with E-state index in [4.69, 9.17) is 17.3 Å². The molecule has 0 saturated heterocycles. The standard InChI is InChI=1S/C7H6ClN3S/c8-6-5(10-7(9)11-6)4-2-1-3-12-4/h1-3H,(H3,9,10,11). The highest BCUT2D eigenvalue weighted by atomic mass is 35.5. The lowest BCUT2D eigenvalue weighted by molar-refractivity contribution is 1.33. The van der Waals surface area contributed by atoms with Crippen LogP contribution in [0.5, 0.6) is 0 Å². The highest BCUT2D eigenvalue weighted by Gasteiger charge is 2.08. The molecule has 0 aliphatic heterocycles. The average molecular weight is 200 g/mol. The maximum atomic E-state index is 5.85. The third-order valence-electron chi connectivity index (χ3n) is 1.43. The van der Waals surface area contributed by atoms with Crippen LogP contribution in [0.25, 0.3) is 10.6 Å². The highest BCUT2D eigenvalue weighted by molar-refractivity contribution is 7.13. The Labute approximate surface area is 78.2 Å². The third-order valence-corrected chi connectivity index (χ3v) is 2.58. The minimum Gasteiger partial charge on any atom is -0.369 e. The molecule has 0 atom stereocenters. The molecule has 2 aromatic rings. The molecule has 3 N–H and O–H groups in total. The maximum Gasteiger partial charge on any atom is 0.199 e. The van der Waals surface area contributed by atoms with Gasteiger partial charge in [0.25, 0.3) is 0 Å². The lowest BCUT2D eigenvalue weighted by Gasteiger charge is -1.88. The molecule has 2 rings (SSSR count). The second-order valence-corrected chi connectivity index (χ2v) is 3.59. The number of halogens is 1. The van der Waals surface area contributed by atoms with Crippen molar-refractivity contribution in [3.05, 3.63) is 22.7 Å². The molecule has 0 saturated carbocycles. The van der Waals surface area contributed by atoms with E-state index in [-0.39, 0.29) is 0 Å². The molecule has 62 valence electrons. The van der Waals surface area contributed by atoms with Crippen molar-refractivity contribution >= 4 is 28.9 Å². The average Bonchev–Trinajstić information content (AvgIpc) is 2.58. The number of H-pyrrole nitrogens is 1. The number of imidazole rings is 1. The second-order valence-electron chi connectivity index (χ2n) is 2.26. The third kappa shape index (κ3) is 1.19. The van der Waals surface area contributed by atoms with Crippen molar-refractivity contribution in [3.8, 4) is 10.6 Å². The number of rotatable bonds is 1. The quantitative estimate of drug-likeness (QED) is 0.741. The lowest BCUT2D eigenvalue weighted by atomic mass is 10.4. The first-order valence-corrected chi connectivity index (χ1v) is 4.58. The van der Waals surface area contributed by atoms with Crippen LogP contribution in [0.4, 0.5) is 5.95 Å². The molecule has 0 aromatic carbocycles. The summed E-state index contributed by atoms with van der Waals surface area (Å²) >= 11 is 7.43. The van der Waals surface area contributed by atoms with E-state index in [1.54, 1.807) is 11.3 Å². The van der Waals surface area contributed by atoms with Crippen LogP contribution >= 0.6 is 22.9 Å². The molecule has 3 nitrogen and oxygen atoms in total. The van der Waals surface area contributed by atoms with Crippen LogP contribution < -0.4 is 5.73 Å². The van der Waals surface area contributed by atoms with Gasteiger partial charge in [-0.25, -0.2) is 4.98 Å². The fourth-order valence-corrected chi connectivity index (χ4v) is 1.96. The Bertz CT molecular complexity index is 379. The van der Waals surface area contributed by atoms with Crippen LogP contribution in [-0.2, 0) is 0 Å². The number of aromatic amines is 1. The topological polar surface area (TPSA) is 54.7 Å². The normalized spacial score (nSPS) is 10.4. The van der Waals surface area contributed by atoms with Gasteiger partial charge in [0.2, 0.25) is 0 Å². The van der Waals surface area contributed by atoms with Crippen molar-refractivity contribution in [2.75, 3.05) is 5.73 Å². The number of nitrogens with two attached hydrogens (primary N) is 1. The summed E-state index contributed by atoms with van der Waals surface area (Å²) in [5, 5.41) is 2.46. The van der Waals surface area contributed by atoms with E-state index in [2.05, 4.69) is 9.97 Å². The predicted octanol–water partition coefficient (Wildman–Crippen LogP) is 2.37. The molecule has 0 amide bonds. The molecule has 2 aromatic heterocycles. The molecule has 12 heavy (non-hydrogen) atoms. The van der Waals surface area contributed by atoms with E-state index in [9.17, 15) is 0 Å². The van der Waals surface area contributed by atoms with E-state index in [1.807, 2.05) is 17.5 Å². The summed E-state index contributed by atoms with van der Waals surface area (Å²) in [6.07, 6.45) is 0. The van der Waals surface area contributed by atoms with Crippen LogP contribution in [0.15, 0.2) is 17.5 Å². The number of aromatic nitrogens is 2. The van der Waals surface area contributed by atoms with Crippen molar-refractivity contribution in [1.82, 2.24) is 9.97 Å². The van der Waals surface area contributed by atoms with Crippen LogP contribution in [-0.4, -0.2) is 9.97 Å². The predicted molar refractivity (Wildman–Crippen MR) is 51.3 cm³/mol. The van der Waals surface area contributed by atoms with Gasteiger partial charge in [0.15, 0.2) is 5.95 Å². The first kappa shape index (κ1) is 7.64. The van der Waals surface area contributed by atoms with Gasteiger partial charge in [-0.15, -0.1) is 11.3 Å². The summed E-state index contributed by atoms with van der Waals surface area (Å²) in [6, 6.07) is 3.90. The van der Waals surface area contributed by atoms with Gasteiger partial charge in [-0.05, 0) is 11.4 Å². The number of hydrogen-bond donors (Lipinski definition) is 2. The van der Waals surface area contributed by atoms with Crippen molar-refractivity contribution in [3.63, 3.8) is 0 Å². The first-order valence-electron chi connectivity index (χ1n) is 3.32. The van der Waals surface area contributed by atoms with Crippen molar-refractivity contribution in [1.29, 1.82) is 0 Å². The number of nitrogens with zero attached hydrogens (tertiary/aromatic N) is 1. The zero-order chi connectivity index (χ0) is 8.55. The number of anilines is 1. The molecular formula is C7H6ClN3S. The zero-order valence-corrected chi connectivity index (χ0v) is 7.62. The highest BCUT2D eigenvalue weighted by Crippen LogP contribution is 2.29. The Morgan fingerprint density at radius 3 is 2.92 bits per heavy atom. The van der Waals surface area contributed by atoms with Gasteiger partial charge < -0.3 is 10.7 Å². The number of nitrogens with one attached hydrogen (secondary N) is 1. The Morgan fingerprint density at radius 2 is 2.42 bits per heavy atom. The van der Waals surface area contributed by atoms with E-state index >= 15 is 0 Å². The largest absolute Gasteiger partial charge is 0.369 e. The fraction of sp³-hybridized carbons (Fsp3) is 0. The monoisotopic (exact) mass is 199 g/mol. The summed E-state index contributed by atoms with van der Waals surface area (Å²) in [7, 11) is 0. The van der Waals surface area contributed by atoms with Crippen molar-refractivity contribution in [2.45, 2.75) is 0 Å². The van der Waals surface area contributed by atoms with Gasteiger partial charge in [0.05, 0.1) is 4.88 Å². The Kier molecular flexibility index (Phi) is 1.78. The van der Waals surface area contributed by atoms with Gasteiger partial charge in [0, 0.05) is 0 Å². The molecule has 0 radical (unpaired) electrons. The van der Waals surface area contributed by atoms with Crippen molar-refractivity contribution in [2.24, 2.45) is 0 Å². The van der Waals surface area contributed by atoms with Gasteiger partial charge in [-0.3, -0.25) is 0 Å². The Hall–Kier alpha value is -1.00. The van der Waals surface area contributed by atoms with Crippen LogP contribution in [0.2, 0.25) is 5.15 Å². The van der Waals surface area contributed by atoms with Crippen LogP contribution in [0, 0.1) is 0 Å². The molecule has 0 aliphatic carbocycles. The summed E-state index contributed by atoms with van der Waals surface area (Å²) in [6.45, 7) is 0. The maximum absolute atomic E-state index is 5.85. The summed E-state index contributed by atoms with van der Waals surface area (Å²) in [5.74, 6) is 0.350. The van der Waals surface area contributed by atoms with E-state index in [0.29, 0.717) is 11.1 Å². The van der Waals surface area contributed by atoms with E-state index in [0.717, 1.165) is 10.6 Å². The molecule has 0 unspecified atom stereocenters. The molecule has 0 fully saturated rings. The van der Waals surface area contributed by atoms with Crippen LogP contribution in [0.1, 0.15) is 0 Å². The zero-order valence-electron chi connectivity index (χ0n) is 6.04. The lowest BCUT2D eigenvalue weighted by Crippen LogP contribution is -1.84. The number of thiophene rings is 1. The Morgan fingerprint density at radius 1 is 1.58 bits per heavy atom. The molecule has 0 spiro atoms. The smallest absolute Gasteiger partial charge is 0.199 e. The van der Waals surface area contributed by atoms with E-state index in [1.165, 1.54) is 0 Å². The SMILES string of the molecule is Nc1nc(-c2cccs2)c(Cl)[nH]1. The second kappa shape index (κ2) is 2.80. The summed E-state index contributed by atoms with van der Waals surface area (Å²) < 4.78 is 0. The molecular weight excluding hydrogens is 194 g/mol. The molecule has 2 heterocycles. The van der Waals surface area contributed by atoms with Crippen LogP contribution in [0.3, 0.4) is 0 Å². The minimum absolute atomic E-state index is 0.350. The van der Waals surface area contributed by atoms with Gasteiger partial charge in [0.1, 0.15) is 10.8 Å². The molecule has 5 heteroatoms. The van der Waals surface area contributed by atoms with Gasteiger partial charge >= 0.3 is 0 Å². The first-order chi connectivity index (χ1) is 5.77. The van der Waals surface area contributed by atoms with Gasteiger partial charge in [-0.2, -0.15) is 0 Å². The molecule has 0 aliphatic rings. The minimum atomic E-state index is 0.350. The summed E-state index contributed by atoms with van der Waals surface area (Å²) in [4.78, 5) is 7.81. The van der Waals surface area contributed by atoms with E-state index < -0.39 is 0 Å². The molecule has 0 bridgehead atoms. The Balaban J connectivity index is 2.54. The van der Waals surface area contributed by atoms with Crippen molar-refractivity contribution < 1.29 is 0 Å². The summed E-state index contributed by atoms with van der Waals surface area (Å²) in [5.41, 5.74) is 6.17. The number of hydrogen-bond acceptors (Lipinski definition) is 3.